The molecule has 2 heterocycles. The number of hydrogen-bond acceptors (Lipinski definition) is 3. The Labute approximate surface area is 137 Å². The SMILES string of the molecule is CCNC(c1c(Br)cnn1C(C)C)C(C)(C)N1CCCC1. The summed E-state index contributed by atoms with van der Waals surface area (Å²) in [5, 5.41) is 8.28. The number of nitrogens with one attached hydrogen (secondary N) is 1. The highest BCUT2D eigenvalue weighted by Crippen LogP contribution is 2.37. The van der Waals surface area contributed by atoms with E-state index >= 15 is 0 Å². The fourth-order valence-electron chi connectivity index (χ4n) is 3.39. The predicted octanol–water partition coefficient (Wildman–Crippen LogP) is 3.75. The van der Waals surface area contributed by atoms with Gasteiger partial charge in [0.15, 0.2) is 0 Å². The van der Waals surface area contributed by atoms with Crippen molar-refractivity contribution in [2.24, 2.45) is 0 Å². The fourth-order valence-corrected chi connectivity index (χ4v) is 3.90. The number of likely N-dealkylation sites (N-methyl/N-ethyl adjacent to an activating group) is 1. The van der Waals surface area contributed by atoms with Crippen molar-refractivity contribution in [3.05, 3.63) is 16.4 Å². The minimum Gasteiger partial charge on any atom is -0.307 e. The highest BCUT2D eigenvalue weighted by atomic mass is 79.9. The summed E-state index contributed by atoms with van der Waals surface area (Å²) in [4.78, 5) is 2.62. The Hall–Kier alpha value is -0.390. The second-order valence-corrected chi connectivity index (χ2v) is 7.61. The molecule has 1 N–H and O–H groups in total. The monoisotopic (exact) mass is 356 g/mol. The lowest BCUT2D eigenvalue weighted by Crippen LogP contribution is -2.52. The molecule has 0 saturated carbocycles. The molecule has 1 aromatic rings. The third-order valence-electron chi connectivity index (χ3n) is 4.59. The molecule has 0 spiro atoms. The van der Waals surface area contributed by atoms with E-state index in [-0.39, 0.29) is 11.6 Å². The van der Waals surface area contributed by atoms with Crippen molar-refractivity contribution in [3.63, 3.8) is 0 Å². The van der Waals surface area contributed by atoms with Gasteiger partial charge in [0.1, 0.15) is 0 Å². The zero-order valence-corrected chi connectivity index (χ0v) is 15.6. The standard InChI is InChI=1S/C16H29BrN4/c1-6-18-15(16(4,5)20-9-7-8-10-20)14-13(17)11-19-21(14)12(2)3/h11-12,15,18H,6-10H2,1-5H3. The Bertz CT molecular complexity index is 461. The van der Waals surface area contributed by atoms with Crippen LogP contribution in [0.1, 0.15) is 65.2 Å². The first-order chi connectivity index (χ1) is 9.89. The van der Waals surface area contributed by atoms with E-state index in [2.05, 4.69) is 70.5 Å². The van der Waals surface area contributed by atoms with Crippen LogP contribution < -0.4 is 5.32 Å². The van der Waals surface area contributed by atoms with E-state index in [0.29, 0.717) is 6.04 Å². The van der Waals surface area contributed by atoms with Gasteiger partial charge in [-0.1, -0.05) is 6.92 Å². The van der Waals surface area contributed by atoms with Crippen LogP contribution in [0.15, 0.2) is 10.7 Å². The van der Waals surface area contributed by atoms with Gasteiger partial charge in [0.2, 0.25) is 0 Å². The molecule has 1 saturated heterocycles. The largest absolute Gasteiger partial charge is 0.307 e. The van der Waals surface area contributed by atoms with Gasteiger partial charge in [-0.2, -0.15) is 5.10 Å². The maximum Gasteiger partial charge on any atom is 0.0717 e. The van der Waals surface area contributed by atoms with E-state index in [1.165, 1.54) is 31.6 Å². The summed E-state index contributed by atoms with van der Waals surface area (Å²) < 4.78 is 3.25. The Kier molecular flexibility index (Phi) is 5.49. The van der Waals surface area contributed by atoms with Crippen LogP contribution in [0.4, 0.5) is 0 Å². The smallest absolute Gasteiger partial charge is 0.0717 e. The molecule has 5 heteroatoms. The van der Waals surface area contributed by atoms with Crippen LogP contribution in [-0.4, -0.2) is 39.9 Å². The number of likely N-dealkylation sites (tertiary alicyclic amines) is 1. The summed E-state index contributed by atoms with van der Waals surface area (Å²) in [6, 6.07) is 0.627. The first kappa shape index (κ1) is 17.0. The number of nitrogens with zero attached hydrogens (tertiary/aromatic N) is 3. The Balaban J connectivity index is 2.40. The van der Waals surface area contributed by atoms with Gasteiger partial charge in [0.25, 0.3) is 0 Å². The fraction of sp³-hybridized carbons (Fsp3) is 0.812. The van der Waals surface area contributed by atoms with Gasteiger partial charge in [0, 0.05) is 11.6 Å². The summed E-state index contributed by atoms with van der Waals surface area (Å²) in [5.41, 5.74) is 1.34. The Morgan fingerprint density at radius 3 is 2.48 bits per heavy atom. The molecule has 1 fully saturated rings. The molecule has 0 radical (unpaired) electrons. The van der Waals surface area contributed by atoms with Gasteiger partial charge in [-0.05, 0) is 76.1 Å². The number of halogens is 1. The first-order valence-corrected chi connectivity index (χ1v) is 8.90. The van der Waals surface area contributed by atoms with E-state index in [0.717, 1.165) is 11.0 Å². The van der Waals surface area contributed by atoms with Gasteiger partial charge in [0.05, 0.1) is 22.4 Å². The summed E-state index contributed by atoms with van der Waals surface area (Å²) in [7, 11) is 0. The predicted molar refractivity (Wildman–Crippen MR) is 91.6 cm³/mol. The van der Waals surface area contributed by atoms with E-state index in [1.807, 2.05) is 6.20 Å². The van der Waals surface area contributed by atoms with Crippen molar-refractivity contribution in [1.82, 2.24) is 20.0 Å². The lowest BCUT2D eigenvalue weighted by Gasteiger charge is -2.43. The van der Waals surface area contributed by atoms with Crippen molar-refractivity contribution in [2.75, 3.05) is 19.6 Å². The number of aromatic nitrogens is 2. The topological polar surface area (TPSA) is 33.1 Å². The van der Waals surface area contributed by atoms with Crippen LogP contribution in [0.2, 0.25) is 0 Å². The van der Waals surface area contributed by atoms with Crippen molar-refractivity contribution in [2.45, 2.75) is 65.1 Å². The zero-order valence-electron chi connectivity index (χ0n) is 14.0. The molecule has 0 aliphatic carbocycles. The molecule has 1 unspecified atom stereocenters. The molecule has 1 aliphatic rings. The van der Waals surface area contributed by atoms with Gasteiger partial charge < -0.3 is 5.32 Å². The summed E-state index contributed by atoms with van der Waals surface area (Å²) >= 11 is 3.72. The highest BCUT2D eigenvalue weighted by Gasteiger charge is 2.40. The van der Waals surface area contributed by atoms with Gasteiger partial charge >= 0.3 is 0 Å². The Morgan fingerprint density at radius 1 is 1.33 bits per heavy atom. The molecule has 4 nitrogen and oxygen atoms in total. The quantitative estimate of drug-likeness (QED) is 0.842. The molecule has 0 aromatic carbocycles. The normalized spacial score (nSPS) is 18.6. The van der Waals surface area contributed by atoms with Crippen molar-refractivity contribution >= 4 is 15.9 Å². The molecule has 0 bridgehead atoms. The van der Waals surface area contributed by atoms with E-state index < -0.39 is 0 Å². The molecular weight excluding hydrogens is 328 g/mol. The van der Waals surface area contributed by atoms with Crippen LogP contribution in [0.25, 0.3) is 0 Å². The molecule has 1 aromatic heterocycles. The van der Waals surface area contributed by atoms with E-state index in [4.69, 9.17) is 0 Å². The average Bonchev–Trinajstić information content (AvgIpc) is 3.05. The lowest BCUT2D eigenvalue weighted by atomic mass is 9.89. The van der Waals surface area contributed by atoms with E-state index in [1.54, 1.807) is 0 Å². The molecule has 2 rings (SSSR count). The molecule has 120 valence electrons. The second kappa shape index (κ2) is 6.80. The van der Waals surface area contributed by atoms with Crippen LogP contribution in [0.3, 0.4) is 0 Å². The van der Waals surface area contributed by atoms with Crippen molar-refractivity contribution in [3.8, 4) is 0 Å². The average molecular weight is 357 g/mol. The van der Waals surface area contributed by atoms with Gasteiger partial charge in [-0.3, -0.25) is 9.58 Å². The Morgan fingerprint density at radius 2 is 1.95 bits per heavy atom. The highest BCUT2D eigenvalue weighted by molar-refractivity contribution is 9.10. The van der Waals surface area contributed by atoms with Crippen LogP contribution in [0, 0.1) is 0 Å². The molecular formula is C16H29BrN4. The van der Waals surface area contributed by atoms with E-state index in [9.17, 15) is 0 Å². The van der Waals surface area contributed by atoms with Gasteiger partial charge in [-0.15, -0.1) is 0 Å². The van der Waals surface area contributed by atoms with Gasteiger partial charge in [-0.25, -0.2) is 0 Å². The maximum atomic E-state index is 4.57. The second-order valence-electron chi connectivity index (χ2n) is 6.75. The third kappa shape index (κ3) is 3.35. The summed E-state index contributed by atoms with van der Waals surface area (Å²) in [6.07, 6.45) is 4.56. The maximum absolute atomic E-state index is 4.57. The summed E-state index contributed by atoms with van der Waals surface area (Å²) in [6.45, 7) is 14.6. The van der Waals surface area contributed by atoms with Crippen molar-refractivity contribution < 1.29 is 0 Å². The third-order valence-corrected chi connectivity index (χ3v) is 5.20. The zero-order chi connectivity index (χ0) is 15.6. The van der Waals surface area contributed by atoms with Crippen molar-refractivity contribution in [1.29, 1.82) is 0 Å². The minimum absolute atomic E-state index is 0.0711. The molecule has 21 heavy (non-hydrogen) atoms. The molecule has 1 atom stereocenters. The number of rotatable bonds is 6. The van der Waals surface area contributed by atoms with Crippen LogP contribution in [-0.2, 0) is 0 Å². The number of hydrogen-bond donors (Lipinski definition) is 1. The molecule has 0 amide bonds. The van der Waals surface area contributed by atoms with Crippen LogP contribution in [0.5, 0.6) is 0 Å². The first-order valence-electron chi connectivity index (χ1n) is 8.11. The lowest BCUT2D eigenvalue weighted by molar-refractivity contribution is 0.102. The van der Waals surface area contributed by atoms with Crippen LogP contribution >= 0.6 is 15.9 Å². The summed E-state index contributed by atoms with van der Waals surface area (Å²) in [5.74, 6) is 0. The molecule has 1 aliphatic heterocycles. The minimum atomic E-state index is 0.0711.